The molecule has 1 aromatic carbocycles. The number of unbranched alkanes of at least 4 members (excludes halogenated alkanes) is 6. The number of hydrogen-bond acceptors (Lipinski definition) is 14. The monoisotopic (exact) mass is 961 g/mol. The van der Waals surface area contributed by atoms with Gasteiger partial charge in [0.2, 0.25) is 23.6 Å². The van der Waals surface area contributed by atoms with Crippen LogP contribution in [0, 0.1) is 0 Å². The van der Waals surface area contributed by atoms with Crippen LogP contribution in [0.15, 0.2) is 28.2 Å². The van der Waals surface area contributed by atoms with Crippen LogP contribution in [0.1, 0.15) is 120 Å². The van der Waals surface area contributed by atoms with Gasteiger partial charge in [-0.2, -0.15) is 23.5 Å². The minimum Gasteiger partial charge on any atom is -0.378 e. The van der Waals surface area contributed by atoms with Gasteiger partial charge >= 0.3 is 0 Å². The van der Waals surface area contributed by atoms with E-state index in [0.29, 0.717) is 125 Å². The number of rotatable bonds is 34. The summed E-state index contributed by atoms with van der Waals surface area (Å²) >= 11 is 3.85. The number of aliphatic imine (C=N–C) groups is 2. The zero-order chi connectivity index (χ0) is 47.4. The molecule has 14 N–H and O–H groups in total. The van der Waals surface area contributed by atoms with Crippen molar-refractivity contribution < 1.29 is 33.4 Å². The van der Waals surface area contributed by atoms with Crippen LogP contribution in [0.2, 0.25) is 0 Å². The molecule has 0 saturated carbocycles. The lowest BCUT2D eigenvalue weighted by Gasteiger charge is -2.14. The van der Waals surface area contributed by atoms with Crippen molar-refractivity contribution in [3.8, 4) is 0 Å². The highest BCUT2D eigenvalue weighted by molar-refractivity contribution is 8.00. The molecule has 0 spiro atoms. The van der Waals surface area contributed by atoms with Gasteiger partial charge in [0.15, 0.2) is 11.9 Å². The van der Waals surface area contributed by atoms with Gasteiger partial charge in [-0.3, -0.25) is 24.0 Å². The van der Waals surface area contributed by atoms with E-state index in [1.807, 2.05) is 23.5 Å². The molecular formula is C45H76N12O7S2. The van der Waals surface area contributed by atoms with E-state index < -0.39 is 0 Å². The molecule has 0 radical (unpaired) electrons. The first-order chi connectivity index (χ1) is 32.0. The van der Waals surface area contributed by atoms with Crippen LogP contribution >= 0.6 is 23.5 Å². The molecule has 0 aliphatic carbocycles. The van der Waals surface area contributed by atoms with Gasteiger partial charge in [-0.25, -0.2) is 9.98 Å². The average molecular weight is 961 g/mol. The standard InChI is InChI=1S/C45H76N12O7S2/c46-17-21-63-23-24-64-22-20-52-43(62)31-25-32(53-40(60)15-5-1-3-13-38(58)50-18-9-7-11-35-28-34(29-65-35)55-44(47)48)27-33(26-31)54-41(61)16-6-2-4-14-39(59)51-19-10-8-12-37-42-36(30-66-37)56-45(49)57-42/h25-27,34-37,42H,1-24,28-30,46H2,(H,50,58)(H,51,59)(H,52,62)(H,53,60)(H,54,61)(H4,47,48,55)(H3,49,56,57)/t34-,35+,36+,37+,42+/m1/s1. The number of guanidine groups is 2. The number of hydrogen-bond donors (Lipinski definition) is 10. The highest BCUT2D eigenvalue weighted by atomic mass is 32.2. The second-order valence-electron chi connectivity index (χ2n) is 17.0. The fourth-order valence-corrected chi connectivity index (χ4v) is 10.9. The van der Waals surface area contributed by atoms with Gasteiger partial charge in [-0.05, 0) is 76.0 Å². The van der Waals surface area contributed by atoms with Crippen molar-refractivity contribution in [2.24, 2.45) is 32.9 Å². The molecule has 3 aliphatic heterocycles. The zero-order valence-electron chi connectivity index (χ0n) is 38.6. The van der Waals surface area contributed by atoms with E-state index in [1.54, 1.807) is 18.2 Å². The summed E-state index contributed by atoms with van der Waals surface area (Å²) in [5.74, 6) is 1.82. The number of carbonyl (C=O) groups is 5. The highest BCUT2D eigenvalue weighted by Gasteiger charge is 2.40. The molecule has 5 amide bonds. The Morgan fingerprint density at radius 2 is 1.27 bits per heavy atom. The summed E-state index contributed by atoms with van der Waals surface area (Å²) in [4.78, 5) is 72.7. The van der Waals surface area contributed by atoms with Crippen molar-refractivity contribution in [2.45, 2.75) is 138 Å². The van der Waals surface area contributed by atoms with Crippen LogP contribution in [0.3, 0.4) is 0 Å². The number of nitrogens with zero attached hydrogens (tertiary/aromatic N) is 2. The summed E-state index contributed by atoms with van der Waals surface area (Å²) in [7, 11) is 0. The Morgan fingerprint density at radius 3 is 1.88 bits per heavy atom. The first-order valence-electron chi connectivity index (χ1n) is 23.8. The minimum atomic E-state index is -0.389. The molecule has 0 bridgehead atoms. The topological polar surface area (TPSA) is 305 Å². The number of ether oxygens (including phenoxy) is 2. The number of amides is 5. The van der Waals surface area contributed by atoms with Crippen LogP contribution in [0.25, 0.3) is 0 Å². The molecule has 2 saturated heterocycles. The molecule has 2 fully saturated rings. The number of nitrogens with one attached hydrogen (secondary N) is 6. The van der Waals surface area contributed by atoms with Crippen LogP contribution in [-0.4, -0.2) is 134 Å². The number of anilines is 2. The van der Waals surface area contributed by atoms with E-state index in [-0.39, 0.29) is 79.1 Å². The van der Waals surface area contributed by atoms with Crippen LogP contribution in [-0.2, 0) is 28.7 Å². The van der Waals surface area contributed by atoms with E-state index in [0.717, 1.165) is 56.5 Å². The van der Waals surface area contributed by atoms with Crippen molar-refractivity contribution >= 4 is 76.4 Å². The van der Waals surface area contributed by atoms with Gasteiger partial charge in [0.25, 0.3) is 5.91 Å². The zero-order valence-corrected chi connectivity index (χ0v) is 40.2. The Bertz CT molecular complexity index is 1740. The van der Waals surface area contributed by atoms with Crippen molar-refractivity contribution in [1.29, 1.82) is 0 Å². The van der Waals surface area contributed by atoms with Gasteiger partial charge < -0.3 is 64.3 Å². The van der Waals surface area contributed by atoms with Crippen molar-refractivity contribution in [2.75, 3.05) is 74.7 Å². The molecule has 370 valence electrons. The summed E-state index contributed by atoms with van der Waals surface area (Å²) in [5.41, 5.74) is 23.3. The molecule has 3 heterocycles. The lowest BCUT2D eigenvalue weighted by Crippen LogP contribution is -2.38. The maximum Gasteiger partial charge on any atom is 0.251 e. The largest absolute Gasteiger partial charge is 0.378 e. The first-order valence-corrected chi connectivity index (χ1v) is 25.9. The van der Waals surface area contributed by atoms with Gasteiger partial charge in [-0.1, -0.05) is 25.7 Å². The predicted octanol–water partition coefficient (Wildman–Crippen LogP) is 2.68. The van der Waals surface area contributed by atoms with Gasteiger partial charge in [-0.15, -0.1) is 0 Å². The predicted molar refractivity (Wildman–Crippen MR) is 266 cm³/mol. The Balaban J connectivity index is 1.11. The van der Waals surface area contributed by atoms with Crippen LogP contribution < -0.4 is 54.8 Å². The lowest BCUT2D eigenvalue weighted by atomic mass is 10.0. The van der Waals surface area contributed by atoms with E-state index in [9.17, 15) is 24.0 Å². The SMILES string of the molecule is NCCOCCOCCNC(=O)c1cc(NC(=O)CCCCCC(=O)NCCCC[C@H]2C[C@@H](N=C(N)N)CS2)cc(NC(=O)CCCCCC(=O)NCCCC[C@@H]2SC[C@@H]3NC(N)=N[C@@H]32)c1. The summed E-state index contributed by atoms with van der Waals surface area (Å²) < 4.78 is 10.8. The molecule has 3 aliphatic rings. The third-order valence-electron chi connectivity index (χ3n) is 11.4. The number of benzene rings is 1. The number of thioether (sulfide) groups is 2. The molecule has 1 aromatic rings. The molecule has 0 aromatic heterocycles. The maximum atomic E-state index is 13.2. The second-order valence-corrected chi connectivity index (χ2v) is 19.6. The Labute approximate surface area is 398 Å². The molecule has 5 atom stereocenters. The third kappa shape index (κ3) is 22.5. The fraction of sp³-hybridized carbons (Fsp3) is 0.711. The van der Waals surface area contributed by atoms with E-state index in [2.05, 4.69) is 41.9 Å². The maximum absolute atomic E-state index is 13.2. The average Bonchev–Trinajstić information content (AvgIpc) is 3.99. The van der Waals surface area contributed by atoms with E-state index in [4.69, 9.17) is 32.4 Å². The van der Waals surface area contributed by atoms with Gasteiger partial charge in [0.1, 0.15) is 0 Å². The Morgan fingerprint density at radius 1 is 0.682 bits per heavy atom. The summed E-state index contributed by atoms with van der Waals surface area (Å²) in [5, 5.41) is 18.8. The van der Waals surface area contributed by atoms with Gasteiger partial charge in [0.05, 0.1) is 44.6 Å². The normalized spacial score (nSPS) is 19.6. The number of fused-ring (bicyclic) bond motifs is 1. The Hall–Kier alpha value is -4.31. The first kappa shape index (κ1) is 54.3. The second kappa shape index (κ2) is 31.6. The van der Waals surface area contributed by atoms with Crippen molar-refractivity contribution in [1.82, 2.24) is 21.3 Å². The van der Waals surface area contributed by atoms with Crippen molar-refractivity contribution in [3.05, 3.63) is 23.8 Å². The summed E-state index contributed by atoms with van der Waals surface area (Å²) in [6.45, 7) is 3.45. The summed E-state index contributed by atoms with van der Waals surface area (Å²) in [6.07, 6.45) is 12.2. The van der Waals surface area contributed by atoms with Gasteiger partial charge in [0, 0.05) is 90.8 Å². The summed E-state index contributed by atoms with van der Waals surface area (Å²) in [6, 6.07) is 5.57. The van der Waals surface area contributed by atoms with E-state index >= 15 is 0 Å². The van der Waals surface area contributed by atoms with Crippen molar-refractivity contribution in [3.63, 3.8) is 0 Å². The molecule has 0 unspecified atom stereocenters. The molecule has 66 heavy (non-hydrogen) atoms. The molecule has 19 nitrogen and oxygen atoms in total. The quantitative estimate of drug-likeness (QED) is 0.0270. The minimum absolute atomic E-state index is 0.0110. The molecule has 21 heteroatoms. The number of nitrogens with two attached hydrogens (primary N) is 4. The smallest absolute Gasteiger partial charge is 0.251 e. The third-order valence-corrected chi connectivity index (χ3v) is 14.3. The molecule has 4 rings (SSSR count). The molecular weight excluding hydrogens is 885 g/mol. The fourth-order valence-electron chi connectivity index (χ4n) is 8.00. The highest BCUT2D eigenvalue weighted by Crippen LogP contribution is 2.35. The van der Waals surface area contributed by atoms with Crippen LogP contribution in [0.5, 0.6) is 0 Å². The Kier molecular flexibility index (Phi) is 26.0. The number of carbonyl (C=O) groups excluding carboxylic acids is 5. The lowest BCUT2D eigenvalue weighted by molar-refractivity contribution is -0.122. The van der Waals surface area contributed by atoms with E-state index in [1.165, 1.54) is 0 Å². The van der Waals surface area contributed by atoms with Crippen LogP contribution in [0.4, 0.5) is 11.4 Å².